The highest BCUT2D eigenvalue weighted by atomic mass is 16.5. The summed E-state index contributed by atoms with van der Waals surface area (Å²) in [6, 6.07) is 17.9. The van der Waals surface area contributed by atoms with Crippen molar-refractivity contribution < 1.29 is 9.84 Å². The molecule has 1 atom stereocenters. The molecule has 0 aliphatic carbocycles. The van der Waals surface area contributed by atoms with Crippen molar-refractivity contribution in [3.8, 4) is 5.75 Å². The van der Waals surface area contributed by atoms with E-state index in [0.29, 0.717) is 0 Å². The number of nitrogens with one attached hydrogen (secondary N) is 1. The van der Waals surface area contributed by atoms with Crippen molar-refractivity contribution >= 4 is 0 Å². The lowest BCUT2D eigenvalue weighted by atomic mass is 9.91. The molecule has 2 N–H and O–H groups in total. The summed E-state index contributed by atoms with van der Waals surface area (Å²) >= 11 is 0. The molecule has 0 heterocycles. The zero-order valence-corrected chi connectivity index (χ0v) is 13.5. The minimum Gasteiger partial charge on any atom is -0.497 e. The van der Waals surface area contributed by atoms with Crippen LogP contribution in [-0.2, 0) is 6.42 Å². The fourth-order valence-electron chi connectivity index (χ4n) is 2.47. The van der Waals surface area contributed by atoms with E-state index in [1.165, 1.54) is 5.56 Å². The number of benzene rings is 2. The molecule has 22 heavy (non-hydrogen) atoms. The molecule has 0 saturated heterocycles. The topological polar surface area (TPSA) is 41.5 Å². The van der Waals surface area contributed by atoms with E-state index in [-0.39, 0.29) is 5.54 Å². The highest BCUT2D eigenvalue weighted by molar-refractivity contribution is 5.27. The van der Waals surface area contributed by atoms with E-state index < -0.39 is 6.10 Å². The molecule has 0 unspecified atom stereocenters. The molecule has 2 rings (SSSR count). The Kier molecular flexibility index (Phi) is 5.58. The van der Waals surface area contributed by atoms with Gasteiger partial charge in [0.1, 0.15) is 5.75 Å². The first kappa shape index (κ1) is 16.5. The van der Waals surface area contributed by atoms with Gasteiger partial charge in [0.25, 0.3) is 0 Å². The van der Waals surface area contributed by atoms with Gasteiger partial charge >= 0.3 is 0 Å². The molecule has 0 saturated carbocycles. The maximum Gasteiger partial charge on any atom is 0.118 e. The lowest BCUT2D eigenvalue weighted by Crippen LogP contribution is -2.45. The van der Waals surface area contributed by atoms with Crippen molar-refractivity contribution in [3.05, 3.63) is 65.7 Å². The van der Waals surface area contributed by atoms with E-state index in [1.807, 2.05) is 56.3 Å². The van der Waals surface area contributed by atoms with Crippen molar-refractivity contribution in [1.29, 1.82) is 0 Å². The molecule has 2 aromatic carbocycles. The molecule has 118 valence electrons. The minimum absolute atomic E-state index is 0.381. The highest BCUT2D eigenvalue weighted by Crippen LogP contribution is 2.25. The normalized spacial score (nSPS) is 12.9. The molecule has 3 heteroatoms. The van der Waals surface area contributed by atoms with Crippen LogP contribution in [0, 0.1) is 0 Å². The molecule has 0 aliphatic rings. The molecule has 0 spiro atoms. The fourth-order valence-corrected chi connectivity index (χ4v) is 2.47. The van der Waals surface area contributed by atoms with Crippen LogP contribution in [0.3, 0.4) is 0 Å². The van der Waals surface area contributed by atoms with E-state index >= 15 is 0 Å². The lowest BCUT2D eigenvalue weighted by Gasteiger charge is -2.32. The third kappa shape index (κ3) is 4.33. The smallest absolute Gasteiger partial charge is 0.118 e. The van der Waals surface area contributed by atoms with Crippen LogP contribution in [0.4, 0.5) is 0 Å². The van der Waals surface area contributed by atoms with Gasteiger partial charge in [0.2, 0.25) is 0 Å². The summed E-state index contributed by atoms with van der Waals surface area (Å²) < 4.78 is 5.16. The highest BCUT2D eigenvalue weighted by Gasteiger charge is 2.28. The maximum atomic E-state index is 10.5. The Labute approximate surface area is 133 Å². The average molecular weight is 299 g/mol. The Morgan fingerprint density at radius 2 is 1.68 bits per heavy atom. The zero-order valence-electron chi connectivity index (χ0n) is 13.5. The van der Waals surface area contributed by atoms with E-state index in [2.05, 4.69) is 17.4 Å². The van der Waals surface area contributed by atoms with E-state index in [1.54, 1.807) is 7.11 Å². The SMILES string of the molecule is COc1ccc(CCNC(C)(C)[C@H](O)c2ccccc2)cc1. The van der Waals surface area contributed by atoms with Gasteiger partial charge < -0.3 is 15.2 Å². The first-order chi connectivity index (χ1) is 10.5. The van der Waals surface area contributed by atoms with Crippen LogP contribution < -0.4 is 10.1 Å². The molecule has 0 bridgehead atoms. The molecular formula is C19H25NO2. The third-order valence-electron chi connectivity index (χ3n) is 3.95. The number of hydrogen-bond donors (Lipinski definition) is 2. The zero-order chi connectivity index (χ0) is 16.0. The predicted molar refractivity (Wildman–Crippen MR) is 90.2 cm³/mol. The molecule has 0 aromatic heterocycles. The summed E-state index contributed by atoms with van der Waals surface area (Å²) in [5.74, 6) is 0.872. The molecule has 2 aromatic rings. The molecule has 3 nitrogen and oxygen atoms in total. The monoisotopic (exact) mass is 299 g/mol. The van der Waals surface area contributed by atoms with Gasteiger partial charge in [0, 0.05) is 5.54 Å². The summed E-state index contributed by atoms with van der Waals surface area (Å²) in [6.07, 6.45) is 0.374. The van der Waals surface area contributed by atoms with Crippen LogP contribution in [0.15, 0.2) is 54.6 Å². The number of ether oxygens (including phenoxy) is 1. The minimum atomic E-state index is -0.537. The van der Waals surface area contributed by atoms with Crippen LogP contribution in [0.25, 0.3) is 0 Å². The van der Waals surface area contributed by atoms with Gasteiger partial charge in [-0.3, -0.25) is 0 Å². The van der Waals surface area contributed by atoms with Gasteiger partial charge in [0.05, 0.1) is 13.2 Å². The van der Waals surface area contributed by atoms with Crippen LogP contribution >= 0.6 is 0 Å². The van der Waals surface area contributed by atoms with E-state index in [0.717, 1.165) is 24.3 Å². The van der Waals surface area contributed by atoms with Gasteiger partial charge in [-0.1, -0.05) is 42.5 Å². The van der Waals surface area contributed by atoms with Gasteiger partial charge in [-0.15, -0.1) is 0 Å². The molecular weight excluding hydrogens is 274 g/mol. The van der Waals surface area contributed by atoms with Crippen LogP contribution in [0.5, 0.6) is 5.75 Å². The van der Waals surface area contributed by atoms with Gasteiger partial charge in [-0.05, 0) is 50.1 Å². The van der Waals surface area contributed by atoms with Crippen molar-refractivity contribution in [2.24, 2.45) is 0 Å². The predicted octanol–water partition coefficient (Wildman–Crippen LogP) is 3.34. The summed E-state index contributed by atoms with van der Waals surface area (Å²) in [5, 5.41) is 14.0. The number of hydrogen-bond acceptors (Lipinski definition) is 3. The van der Waals surface area contributed by atoms with Crippen LogP contribution in [-0.4, -0.2) is 24.3 Å². The largest absolute Gasteiger partial charge is 0.497 e. The summed E-state index contributed by atoms with van der Waals surface area (Å²) in [4.78, 5) is 0. The van der Waals surface area contributed by atoms with Crippen molar-refractivity contribution in [2.45, 2.75) is 31.9 Å². The van der Waals surface area contributed by atoms with E-state index in [4.69, 9.17) is 4.74 Å². The van der Waals surface area contributed by atoms with E-state index in [9.17, 15) is 5.11 Å². The summed E-state index contributed by atoms with van der Waals surface area (Å²) in [6.45, 7) is 4.86. The third-order valence-corrected chi connectivity index (χ3v) is 3.95. The van der Waals surface area contributed by atoms with Crippen molar-refractivity contribution in [2.75, 3.05) is 13.7 Å². The van der Waals surface area contributed by atoms with Gasteiger partial charge in [-0.2, -0.15) is 0 Å². The van der Waals surface area contributed by atoms with Crippen molar-refractivity contribution in [1.82, 2.24) is 5.32 Å². The standard InChI is InChI=1S/C19H25NO2/c1-19(2,18(21)16-7-5-4-6-8-16)20-14-13-15-9-11-17(22-3)12-10-15/h4-12,18,20-21H,13-14H2,1-3H3/t18-/m1/s1. The first-order valence-electron chi connectivity index (χ1n) is 7.64. The maximum absolute atomic E-state index is 10.5. The molecule has 0 radical (unpaired) electrons. The van der Waals surface area contributed by atoms with Gasteiger partial charge in [-0.25, -0.2) is 0 Å². The second-order valence-corrected chi connectivity index (χ2v) is 6.06. The average Bonchev–Trinajstić information content (AvgIpc) is 2.55. The molecule has 0 fully saturated rings. The lowest BCUT2D eigenvalue weighted by molar-refractivity contribution is 0.0807. The number of aliphatic hydroxyl groups excluding tert-OH is 1. The Balaban J connectivity index is 1.89. The Morgan fingerprint density at radius 1 is 1.05 bits per heavy atom. The quantitative estimate of drug-likeness (QED) is 0.824. The second-order valence-electron chi connectivity index (χ2n) is 6.06. The van der Waals surface area contributed by atoms with Crippen LogP contribution in [0.2, 0.25) is 0 Å². The second kappa shape index (κ2) is 7.43. The number of aliphatic hydroxyl groups is 1. The summed E-state index contributed by atoms with van der Waals surface area (Å²) in [5.41, 5.74) is 1.80. The Hall–Kier alpha value is -1.84. The van der Waals surface area contributed by atoms with Crippen molar-refractivity contribution in [3.63, 3.8) is 0 Å². The number of methoxy groups -OCH3 is 1. The first-order valence-corrected chi connectivity index (χ1v) is 7.64. The van der Waals surface area contributed by atoms with Crippen LogP contribution in [0.1, 0.15) is 31.1 Å². The molecule has 0 amide bonds. The van der Waals surface area contributed by atoms with Gasteiger partial charge in [0.15, 0.2) is 0 Å². The Morgan fingerprint density at radius 3 is 2.27 bits per heavy atom. The fraction of sp³-hybridized carbons (Fsp3) is 0.368. The molecule has 0 aliphatic heterocycles. The number of rotatable bonds is 7. The summed E-state index contributed by atoms with van der Waals surface area (Å²) in [7, 11) is 1.67. The Bertz CT molecular complexity index is 564.